The third-order valence-corrected chi connectivity index (χ3v) is 3.76. The van der Waals surface area contributed by atoms with E-state index in [9.17, 15) is 0 Å². The van der Waals surface area contributed by atoms with Crippen LogP contribution in [-0.4, -0.2) is 16.2 Å². The van der Waals surface area contributed by atoms with Gasteiger partial charge in [-0.3, -0.25) is 4.98 Å². The summed E-state index contributed by atoms with van der Waals surface area (Å²) < 4.78 is 8.91. The van der Waals surface area contributed by atoms with Gasteiger partial charge in [0.1, 0.15) is 5.75 Å². The normalized spacial score (nSPS) is 11.0. The van der Waals surface area contributed by atoms with Crippen LogP contribution in [0.4, 0.5) is 0 Å². The number of benzene rings is 1. The van der Waals surface area contributed by atoms with E-state index in [1.807, 2.05) is 12.3 Å². The van der Waals surface area contributed by atoms with E-state index in [0.29, 0.717) is 0 Å². The second-order valence-electron chi connectivity index (χ2n) is 5.02. The van der Waals surface area contributed by atoms with E-state index >= 15 is 0 Å². The molecule has 0 N–H and O–H groups in total. The van der Waals surface area contributed by atoms with Gasteiger partial charge in [-0.15, -0.1) is 0 Å². The predicted octanol–water partition coefficient (Wildman–Crippen LogP) is 4.64. The molecular formula is C17H17BrN2O. The summed E-state index contributed by atoms with van der Waals surface area (Å²) in [5, 5.41) is 1.20. The molecular weight excluding hydrogens is 328 g/mol. The Morgan fingerprint density at radius 3 is 2.90 bits per heavy atom. The molecule has 21 heavy (non-hydrogen) atoms. The molecule has 0 radical (unpaired) electrons. The molecule has 3 nitrogen and oxygen atoms in total. The highest BCUT2D eigenvalue weighted by Gasteiger charge is 2.04. The van der Waals surface area contributed by atoms with Crippen LogP contribution in [0.5, 0.6) is 5.75 Å². The molecule has 0 fully saturated rings. The van der Waals surface area contributed by atoms with Crippen LogP contribution in [0.1, 0.15) is 18.9 Å². The van der Waals surface area contributed by atoms with Crippen molar-refractivity contribution in [2.24, 2.45) is 0 Å². The van der Waals surface area contributed by atoms with Crippen LogP contribution in [0.15, 0.2) is 53.4 Å². The van der Waals surface area contributed by atoms with Gasteiger partial charge in [-0.05, 0) is 58.2 Å². The molecule has 4 heteroatoms. The zero-order chi connectivity index (χ0) is 14.7. The average molecular weight is 345 g/mol. The lowest BCUT2D eigenvalue weighted by Crippen LogP contribution is -1.99. The fraction of sp³-hybridized carbons (Fsp3) is 0.235. The third kappa shape index (κ3) is 3.27. The third-order valence-electron chi connectivity index (χ3n) is 3.33. The second kappa shape index (κ2) is 6.31. The number of ether oxygens (including phenoxy) is 1. The standard InChI is InChI=1S/C17H17BrN2O/c1-2-7-21-16-3-4-17-14(9-16)5-6-20(17)12-13-8-15(18)11-19-10-13/h3-6,8-11H,2,7,12H2,1H3. The molecule has 0 spiro atoms. The molecule has 0 saturated carbocycles. The van der Waals surface area contributed by atoms with Crippen LogP contribution in [-0.2, 0) is 6.54 Å². The highest BCUT2D eigenvalue weighted by molar-refractivity contribution is 9.10. The maximum absolute atomic E-state index is 5.68. The summed E-state index contributed by atoms with van der Waals surface area (Å²) in [6.45, 7) is 3.68. The molecule has 0 aliphatic heterocycles. The summed E-state index contributed by atoms with van der Waals surface area (Å²) in [5.74, 6) is 0.936. The largest absolute Gasteiger partial charge is 0.494 e. The number of fused-ring (bicyclic) bond motifs is 1. The van der Waals surface area contributed by atoms with Crippen molar-refractivity contribution in [2.45, 2.75) is 19.9 Å². The maximum atomic E-state index is 5.68. The molecule has 1 aromatic carbocycles. The van der Waals surface area contributed by atoms with Gasteiger partial charge in [0.05, 0.1) is 6.61 Å². The van der Waals surface area contributed by atoms with Gasteiger partial charge in [-0.1, -0.05) is 6.92 Å². The summed E-state index contributed by atoms with van der Waals surface area (Å²) >= 11 is 3.46. The summed E-state index contributed by atoms with van der Waals surface area (Å²) in [6, 6.07) is 10.5. The first-order chi connectivity index (χ1) is 10.3. The second-order valence-corrected chi connectivity index (χ2v) is 5.94. The van der Waals surface area contributed by atoms with Gasteiger partial charge in [0.25, 0.3) is 0 Å². The van der Waals surface area contributed by atoms with E-state index in [-0.39, 0.29) is 0 Å². The van der Waals surface area contributed by atoms with Gasteiger partial charge in [-0.25, -0.2) is 0 Å². The van der Waals surface area contributed by atoms with Crippen molar-refractivity contribution in [3.8, 4) is 5.75 Å². The van der Waals surface area contributed by atoms with E-state index < -0.39 is 0 Å². The Bertz CT molecular complexity index is 751. The summed E-state index contributed by atoms with van der Waals surface area (Å²) in [5.41, 5.74) is 2.38. The van der Waals surface area contributed by atoms with E-state index in [2.05, 4.69) is 62.9 Å². The van der Waals surface area contributed by atoms with Crippen LogP contribution in [0.3, 0.4) is 0 Å². The maximum Gasteiger partial charge on any atom is 0.120 e. The van der Waals surface area contributed by atoms with Crippen LogP contribution >= 0.6 is 15.9 Å². The van der Waals surface area contributed by atoms with Crippen molar-refractivity contribution in [1.82, 2.24) is 9.55 Å². The van der Waals surface area contributed by atoms with E-state index in [0.717, 1.165) is 29.8 Å². The molecule has 0 saturated heterocycles. The monoisotopic (exact) mass is 344 g/mol. The van der Waals surface area contributed by atoms with Gasteiger partial charge in [0.15, 0.2) is 0 Å². The van der Waals surface area contributed by atoms with E-state index in [1.54, 1.807) is 6.20 Å². The molecule has 2 aromatic heterocycles. The van der Waals surface area contributed by atoms with Crippen molar-refractivity contribution in [1.29, 1.82) is 0 Å². The predicted molar refractivity (Wildman–Crippen MR) is 88.8 cm³/mol. The smallest absolute Gasteiger partial charge is 0.120 e. The van der Waals surface area contributed by atoms with Gasteiger partial charge in [-0.2, -0.15) is 0 Å². The van der Waals surface area contributed by atoms with Crippen molar-refractivity contribution < 1.29 is 4.74 Å². The highest BCUT2D eigenvalue weighted by Crippen LogP contribution is 2.23. The molecule has 0 atom stereocenters. The lowest BCUT2D eigenvalue weighted by atomic mass is 10.2. The van der Waals surface area contributed by atoms with Crippen LogP contribution in [0.25, 0.3) is 10.9 Å². The summed E-state index contributed by atoms with van der Waals surface area (Å²) in [6.07, 6.45) is 6.83. The Morgan fingerprint density at radius 2 is 2.10 bits per heavy atom. The zero-order valence-corrected chi connectivity index (χ0v) is 13.5. The number of nitrogens with zero attached hydrogens (tertiary/aromatic N) is 2. The molecule has 108 valence electrons. The molecule has 0 aliphatic rings. The molecule has 0 aliphatic carbocycles. The number of aromatic nitrogens is 2. The van der Waals surface area contributed by atoms with Crippen molar-refractivity contribution in [3.05, 3.63) is 59.0 Å². The van der Waals surface area contributed by atoms with Gasteiger partial charge >= 0.3 is 0 Å². The number of hydrogen-bond acceptors (Lipinski definition) is 2. The van der Waals surface area contributed by atoms with Crippen molar-refractivity contribution >= 4 is 26.8 Å². The van der Waals surface area contributed by atoms with E-state index in [4.69, 9.17) is 4.74 Å². The fourth-order valence-corrected chi connectivity index (χ4v) is 2.78. The SMILES string of the molecule is CCCOc1ccc2c(ccn2Cc2cncc(Br)c2)c1. The Morgan fingerprint density at radius 1 is 1.19 bits per heavy atom. The van der Waals surface area contributed by atoms with Gasteiger partial charge in [0.2, 0.25) is 0 Å². The molecule has 2 heterocycles. The first-order valence-corrected chi connectivity index (χ1v) is 7.86. The number of rotatable bonds is 5. The van der Waals surface area contributed by atoms with Gasteiger partial charge in [0, 0.05) is 40.5 Å². The number of hydrogen-bond donors (Lipinski definition) is 0. The molecule has 0 bridgehead atoms. The Kier molecular flexibility index (Phi) is 4.25. The fourth-order valence-electron chi connectivity index (χ4n) is 2.36. The lowest BCUT2D eigenvalue weighted by molar-refractivity contribution is 0.318. The molecule has 0 unspecified atom stereocenters. The summed E-state index contributed by atoms with van der Waals surface area (Å²) in [4.78, 5) is 4.21. The minimum Gasteiger partial charge on any atom is -0.494 e. The lowest BCUT2D eigenvalue weighted by Gasteiger charge is -2.07. The topological polar surface area (TPSA) is 27.1 Å². The number of pyridine rings is 1. The first-order valence-electron chi connectivity index (χ1n) is 7.07. The van der Waals surface area contributed by atoms with E-state index in [1.165, 1.54) is 16.5 Å². The van der Waals surface area contributed by atoms with Crippen molar-refractivity contribution in [3.63, 3.8) is 0 Å². The Labute approximate surface area is 132 Å². The zero-order valence-electron chi connectivity index (χ0n) is 11.9. The first kappa shape index (κ1) is 14.1. The van der Waals surface area contributed by atoms with Crippen LogP contribution in [0, 0.1) is 0 Å². The highest BCUT2D eigenvalue weighted by atomic mass is 79.9. The number of halogens is 1. The Hall–Kier alpha value is -1.81. The van der Waals surface area contributed by atoms with Crippen LogP contribution in [0.2, 0.25) is 0 Å². The Balaban J connectivity index is 1.86. The quantitative estimate of drug-likeness (QED) is 0.674. The average Bonchev–Trinajstić information content (AvgIpc) is 2.87. The molecule has 0 amide bonds. The van der Waals surface area contributed by atoms with Gasteiger partial charge < -0.3 is 9.30 Å². The summed E-state index contributed by atoms with van der Waals surface area (Å²) in [7, 11) is 0. The molecule has 3 aromatic rings. The molecule has 3 rings (SSSR count). The minimum absolute atomic E-state index is 0.760. The minimum atomic E-state index is 0.760. The van der Waals surface area contributed by atoms with Crippen molar-refractivity contribution in [2.75, 3.05) is 6.61 Å². The van der Waals surface area contributed by atoms with Crippen LogP contribution < -0.4 is 4.74 Å².